The minimum atomic E-state index is -0.120. The average molecular weight is 773 g/mol. The van der Waals surface area contributed by atoms with Gasteiger partial charge in [-0.15, -0.1) is 0 Å². The Kier molecular flexibility index (Phi) is 18.8. The Labute approximate surface area is 319 Å². The zero-order valence-electron chi connectivity index (χ0n) is 31.1. The first-order valence-corrected chi connectivity index (χ1v) is 18.0. The first-order chi connectivity index (χ1) is 26.1. The highest BCUT2D eigenvalue weighted by Crippen LogP contribution is 2.38. The van der Waals surface area contributed by atoms with Gasteiger partial charge >= 0.3 is 0 Å². The molecule has 0 aromatic heterocycles. The second-order valence-electron chi connectivity index (χ2n) is 12.2. The van der Waals surface area contributed by atoms with Crippen LogP contribution in [0.25, 0.3) is 0 Å². The lowest BCUT2D eigenvalue weighted by molar-refractivity contribution is 0.174. The number of phenols is 4. The minimum Gasteiger partial charge on any atom is -0.507 e. The van der Waals surface area contributed by atoms with Gasteiger partial charge in [0.2, 0.25) is 0 Å². The Morgan fingerprint density at radius 3 is 0.926 bits per heavy atom. The van der Waals surface area contributed by atoms with Gasteiger partial charge in [0.25, 0.3) is 0 Å². The minimum absolute atomic E-state index is 0.0521. The van der Waals surface area contributed by atoms with E-state index in [0.29, 0.717) is 68.8 Å². The van der Waals surface area contributed by atoms with Gasteiger partial charge in [-0.1, -0.05) is 11.8 Å². The van der Waals surface area contributed by atoms with Crippen molar-refractivity contribution < 1.29 is 64.5 Å². The van der Waals surface area contributed by atoms with E-state index in [2.05, 4.69) is 0 Å². The maximum Gasteiger partial charge on any atom is 0.128 e. The summed E-state index contributed by atoms with van der Waals surface area (Å²) in [4.78, 5) is 1.76. The van der Waals surface area contributed by atoms with Gasteiger partial charge in [0.15, 0.2) is 0 Å². The molecule has 0 aliphatic heterocycles. The van der Waals surface area contributed by atoms with Crippen molar-refractivity contribution in [2.24, 2.45) is 0 Å². The molecular weight excluding hydrogens is 720 g/mol. The van der Waals surface area contributed by atoms with E-state index in [9.17, 15) is 40.9 Å². The topological polar surface area (TPSA) is 208 Å². The number of aromatic hydroxyl groups is 4. The third-order valence-electron chi connectivity index (χ3n) is 8.16. The lowest BCUT2D eigenvalue weighted by atomic mass is 10.0. The molecular formula is C40H52O13S. The molecule has 0 heterocycles. The number of methoxy groups -OCH3 is 4. The van der Waals surface area contributed by atoms with Crippen LogP contribution in [0, 0.1) is 0 Å². The molecule has 0 aliphatic carbocycles. The number of phenolic OH excluding ortho intramolecular Hbond substituents is 4. The molecule has 14 heteroatoms. The van der Waals surface area contributed by atoms with Crippen molar-refractivity contribution in [3.8, 4) is 34.5 Å². The van der Waals surface area contributed by atoms with Gasteiger partial charge in [0.1, 0.15) is 34.5 Å². The highest BCUT2D eigenvalue weighted by Gasteiger charge is 2.16. The fourth-order valence-electron chi connectivity index (χ4n) is 5.73. The number of aliphatic hydroxyl groups excluding tert-OH is 4. The van der Waals surface area contributed by atoms with E-state index in [1.807, 2.05) is 24.3 Å². The van der Waals surface area contributed by atoms with Gasteiger partial charge in [-0.2, -0.15) is 0 Å². The zero-order valence-corrected chi connectivity index (χ0v) is 31.9. The van der Waals surface area contributed by atoms with Gasteiger partial charge in [-0.05, 0) is 85.3 Å². The molecule has 8 N–H and O–H groups in total. The molecule has 0 fully saturated rings. The van der Waals surface area contributed by atoms with E-state index in [-0.39, 0.29) is 88.7 Å². The predicted molar refractivity (Wildman–Crippen MR) is 203 cm³/mol. The Morgan fingerprint density at radius 2 is 0.630 bits per heavy atom. The van der Waals surface area contributed by atoms with Crippen LogP contribution < -0.4 is 4.74 Å². The summed E-state index contributed by atoms with van der Waals surface area (Å²) < 4.78 is 26.5. The third kappa shape index (κ3) is 12.5. The third-order valence-corrected chi connectivity index (χ3v) is 9.10. The zero-order chi connectivity index (χ0) is 39.6. The number of hydrogen-bond acceptors (Lipinski definition) is 14. The molecule has 4 rings (SSSR count). The Morgan fingerprint density at radius 1 is 0.389 bits per heavy atom. The van der Waals surface area contributed by atoms with Crippen LogP contribution in [0.5, 0.6) is 34.5 Å². The molecule has 13 nitrogen and oxygen atoms in total. The number of rotatable bonds is 20. The number of aliphatic hydroxyl groups is 4. The van der Waals surface area contributed by atoms with Gasteiger partial charge in [0, 0.05) is 98.0 Å². The second kappa shape index (κ2) is 23.0. The van der Waals surface area contributed by atoms with E-state index >= 15 is 0 Å². The van der Waals surface area contributed by atoms with Crippen LogP contribution in [0.4, 0.5) is 0 Å². The van der Waals surface area contributed by atoms with Crippen LogP contribution in [-0.2, 0) is 71.1 Å². The summed E-state index contributed by atoms with van der Waals surface area (Å²) in [6.45, 7) is 0.582. The lowest BCUT2D eigenvalue weighted by Crippen LogP contribution is -2.00. The van der Waals surface area contributed by atoms with E-state index in [1.54, 1.807) is 38.5 Å². The Hall–Kier alpha value is -4.09. The van der Waals surface area contributed by atoms with Crippen molar-refractivity contribution in [3.05, 3.63) is 93.0 Å². The summed E-state index contributed by atoms with van der Waals surface area (Å²) >= 11 is 1.47. The Balaban J connectivity index is 0.000000290. The SMILES string of the molecule is COCc1cc(Oc2cc(CCO)c(O)c(CCO)c2)cc(COC)c1O.COCc1cc(Sc2cc(CCO)c(O)c(CCO)c2)cc(COC)c1O. The quantitative estimate of drug-likeness (QED) is 0.0604. The lowest BCUT2D eigenvalue weighted by Gasteiger charge is -2.15. The predicted octanol–water partition coefficient (Wildman–Crippen LogP) is 4.86. The van der Waals surface area contributed by atoms with E-state index in [4.69, 9.17) is 23.7 Å². The molecule has 0 spiro atoms. The molecule has 4 aromatic rings. The molecule has 0 amide bonds. The maximum atomic E-state index is 10.3. The van der Waals surface area contributed by atoms with E-state index < -0.39 is 0 Å². The van der Waals surface area contributed by atoms with Crippen molar-refractivity contribution in [1.29, 1.82) is 0 Å². The van der Waals surface area contributed by atoms with Crippen molar-refractivity contribution in [2.75, 3.05) is 54.9 Å². The fourth-order valence-corrected chi connectivity index (χ4v) is 6.80. The van der Waals surface area contributed by atoms with Crippen LogP contribution in [0.15, 0.2) is 58.3 Å². The van der Waals surface area contributed by atoms with Crippen LogP contribution >= 0.6 is 11.8 Å². The number of hydrogen-bond donors (Lipinski definition) is 8. The molecule has 0 atom stereocenters. The molecule has 4 aromatic carbocycles. The van der Waals surface area contributed by atoms with Gasteiger partial charge in [0.05, 0.1) is 26.4 Å². The van der Waals surface area contributed by atoms with Crippen molar-refractivity contribution in [3.63, 3.8) is 0 Å². The average Bonchev–Trinajstić information content (AvgIpc) is 3.13. The highest BCUT2D eigenvalue weighted by molar-refractivity contribution is 7.99. The number of benzene rings is 4. The molecule has 296 valence electrons. The van der Waals surface area contributed by atoms with Crippen molar-refractivity contribution in [1.82, 2.24) is 0 Å². The van der Waals surface area contributed by atoms with Crippen molar-refractivity contribution in [2.45, 2.75) is 61.9 Å². The van der Waals surface area contributed by atoms with Crippen molar-refractivity contribution >= 4 is 11.8 Å². The molecule has 0 radical (unpaired) electrons. The van der Waals surface area contributed by atoms with Gasteiger partial charge < -0.3 is 64.5 Å². The standard InChI is InChI=1S/C20H26O7.C20H26O6S/c2*1-25-11-15-9-18(10-16(12-26-2)20(15)24)27-17-7-13(3-5-21)19(23)14(8-17)4-6-22/h2*7-10,21-24H,3-6,11-12H2,1-2H3. The highest BCUT2D eigenvalue weighted by atomic mass is 32.2. The summed E-state index contributed by atoms with van der Waals surface area (Å²) in [6.07, 6.45) is 1.19. The number of ether oxygens (including phenoxy) is 5. The molecule has 0 saturated carbocycles. The molecule has 0 aliphatic rings. The first kappa shape index (κ1) is 44.3. The molecule has 0 bridgehead atoms. The van der Waals surface area contributed by atoms with Gasteiger partial charge in [-0.3, -0.25) is 0 Å². The van der Waals surface area contributed by atoms with Crippen LogP contribution in [-0.4, -0.2) is 95.7 Å². The Bertz CT molecular complexity index is 1420. The monoisotopic (exact) mass is 772 g/mol. The van der Waals surface area contributed by atoms with E-state index in [1.165, 1.54) is 26.0 Å². The molecule has 0 unspecified atom stereocenters. The summed E-state index contributed by atoms with van der Waals surface area (Å²) in [6, 6.07) is 14.0. The molecule has 0 saturated heterocycles. The second-order valence-corrected chi connectivity index (χ2v) is 13.3. The normalized spacial score (nSPS) is 11.0. The summed E-state index contributed by atoms with van der Waals surface area (Å²) in [5.74, 6) is 1.36. The fraction of sp³-hybridized carbons (Fsp3) is 0.400. The largest absolute Gasteiger partial charge is 0.507 e. The smallest absolute Gasteiger partial charge is 0.128 e. The van der Waals surface area contributed by atoms with Crippen LogP contribution in [0.1, 0.15) is 44.5 Å². The van der Waals surface area contributed by atoms with E-state index in [0.717, 1.165) is 9.79 Å². The maximum absolute atomic E-state index is 10.3. The van der Waals surface area contributed by atoms with Crippen LogP contribution in [0.2, 0.25) is 0 Å². The summed E-state index contributed by atoms with van der Waals surface area (Å²) in [5.41, 5.74) is 4.80. The van der Waals surface area contributed by atoms with Crippen LogP contribution in [0.3, 0.4) is 0 Å². The summed E-state index contributed by atoms with van der Waals surface area (Å²) in [5, 5.41) is 78.1. The summed E-state index contributed by atoms with van der Waals surface area (Å²) in [7, 11) is 6.20. The first-order valence-electron chi connectivity index (χ1n) is 17.2. The molecule has 54 heavy (non-hydrogen) atoms. The van der Waals surface area contributed by atoms with Gasteiger partial charge in [-0.25, -0.2) is 0 Å².